The minimum Gasteiger partial charge on any atom is -0.354 e. The van der Waals surface area contributed by atoms with Crippen LogP contribution in [0.2, 0.25) is 0 Å². The van der Waals surface area contributed by atoms with Crippen LogP contribution >= 0.6 is 0 Å². The van der Waals surface area contributed by atoms with Crippen molar-refractivity contribution >= 4 is 70.7 Å². The van der Waals surface area contributed by atoms with Gasteiger partial charge in [0.05, 0.1) is 16.6 Å². The van der Waals surface area contributed by atoms with Crippen LogP contribution in [0.15, 0.2) is 91.0 Å². The van der Waals surface area contributed by atoms with Gasteiger partial charge in [0.15, 0.2) is 0 Å². The number of benzene rings is 5. The van der Waals surface area contributed by atoms with Gasteiger partial charge in [-0.15, -0.1) is 0 Å². The highest BCUT2D eigenvalue weighted by atomic mass is 14.9. The Morgan fingerprint density at radius 1 is 0.467 bits per heavy atom. The molecule has 8 aromatic rings. The third kappa shape index (κ3) is 1.56. The Morgan fingerprint density at radius 3 is 2.10 bits per heavy atom. The summed E-state index contributed by atoms with van der Waals surface area (Å²) in [7, 11) is 0. The maximum Gasteiger partial charge on any atom is 0.0641 e. The third-order valence-electron chi connectivity index (χ3n) is 6.83. The normalized spacial score (nSPS) is 12.7. The second kappa shape index (κ2) is 4.92. The highest BCUT2D eigenvalue weighted by molar-refractivity contribution is 6.33. The van der Waals surface area contributed by atoms with Gasteiger partial charge in [-0.05, 0) is 40.4 Å². The maximum atomic E-state index is 3.69. The number of hydrogen-bond donors (Lipinski definition) is 1. The van der Waals surface area contributed by atoms with E-state index in [0.717, 1.165) is 0 Å². The average molecular weight is 380 g/mol. The Labute approximate surface area is 171 Å². The highest BCUT2D eigenvalue weighted by Crippen LogP contribution is 2.43. The molecule has 0 aliphatic carbocycles. The average Bonchev–Trinajstić information content (AvgIpc) is 3.33. The van der Waals surface area contributed by atoms with Crippen molar-refractivity contribution in [2.45, 2.75) is 0 Å². The zero-order chi connectivity index (χ0) is 19.4. The van der Waals surface area contributed by atoms with Gasteiger partial charge in [0.1, 0.15) is 0 Å². The van der Waals surface area contributed by atoms with E-state index in [1.165, 1.54) is 70.7 Å². The molecule has 0 saturated carbocycles. The van der Waals surface area contributed by atoms with Crippen molar-refractivity contribution in [1.29, 1.82) is 0 Å². The summed E-state index contributed by atoms with van der Waals surface area (Å²) in [5.41, 5.74) is 6.21. The largest absolute Gasteiger partial charge is 0.354 e. The van der Waals surface area contributed by atoms with Crippen molar-refractivity contribution in [3.8, 4) is 0 Å². The Morgan fingerprint density at radius 2 is 1.17 bits per heavy atom. The molecule has 0 aliphatic rings. The van der Waals surface area contributed by atoms with Crippen LogP contribution in [0.3, 0.4) is 0 Å². The number of aromatic amines is 1. The van der Waals surface area contributed by atoms with E-state index in [-0.39, 0.29) is 0 Å². The molecule has 0 atom stereocenters. The molecule has 138 valence electrons. The quantitative estimate of drug-likeness (QED) is 0.279. The number of hydrogen-bond acceptors (Lipinski definition) is 0. The molecule has 0 bridgehead atoms. The number of para-hydroxylation sites is 1. The topological polar surface area (TPSA) is 20.2 Å². The van der Waals surface area contributed by atoms with Crippen LogP contribution in [0, 0.1) is 0 Å². The molecule has 0 spiro atoms. The Hall–Kier alpha value is -4.04. The van der Waals surface area contributed by atoms with Crippen molar-refractivity contribution in [3.63, 3.8) is 0 Å². The van der Waals surface area contributed by atoms with Gasteiger partial charge in [-0.1, -0.05) is 66.7 Å². The monoisotopic (exact) mass is 380 g/mol. The van der Waals surface area contributed by atoms with Gasteiger partial charge in [-0.2, -0.15) is 0 Å². The number of nitrogens with zero attached hydrogens (tertiary/aromatic N) is 1. The first-order valence-corrected chi connectivity index (χ1v) is 10.4. The van der Waals surface area contributed by atoms with E-state index < -0.39 is 0 Å². The minimum atomic E-state index is 1.19. The molecule has 3 aromatic heterocycles. The zero-order valence-corrected chi connectivity index (χ0v) is 16.1. The number of fused-ring (bicyclic) bond motifs is 5. The van der Waals surface area contributed by atoms with Crippen molar-refractivity contribution in [3.05, 3.63) is 91.0 Å². The van der Waals surface area contributed by atoms with Crippen LogP contribution in [0.4, 0.5) is 0 Å². The Kier molecular flexibility index (Phi) is 2.44. The van der Waals surface area contributed by atoms with Gasteiger partial charge in [-0.3, -0.25) is 0 Å². The fraction of sp³-hybridized carbons (Fsp3) is 0. The molecule has 8 rings (SSSR count). The van der Waals surface area contributed by atoms with Crippen LogP contribution in [0.25, 0.3) is 70.7 Å². The van der Waals surface area contributed by atoms with E-state index in [1.54, 1.807) is 0 Å². The molecule has 1 N–H and O–H groups in total. The lowest BCUT2D eigenvalue weighted by Gasteiger charge is -2.11. The van der Waals surface area contributed by atoms with Crippen molar-refractivity contribution < 1.29 is 0 Å². The lowest BCUT2D eigenvalue weighted by Crippen LogP contribution is -1.90. The number of rotatable bonds is 0. The number of nitrogens with one attached hydrogen (secondary N) is 1. The molecule has 2 heteroatoms. The SMILES string of the molecule is c1cc2[nH]c3ccc4c5ccccc5n5c6cccc7cccc(c(c1)c2c3c45)c76. The van der Waals surface area contributed by atoms with E-state index in [1.807, 2.05) is 0 Å². The van der Waals surface area contributed by atoms with E-state index >= 15 is 0 Å². The van der Waals surface area contributed by atoms with Crippen LogP contribution in [-0.4, -0.2) is 9.38 Å². The first-order valence-electron chi connectivity index (χ1n) is 10.4. The first kappa shape index (κ1) is 14.9. The predicted molar refractivity (Wildman–Crippen MR) is 128 cm³/mol. The van der Waals surface area contributed by atoms with E-state index in [9.17, 15) is 0 Å². The molecule has 0 fully saturated rings. The second-order valence-corrected chi connectivity index (χ2v) is 8.27. The van der Waals surface area contributed by atoms with E-state index in [2.05, 4.69) is 100 Å². The van der Waals surface area contributed by atoms with Crippen LogP contribution in [-0.2, 0) is 0 Å². The second-order valence-electron chi connectivity index (χ2n) is 8.27. The lowest BCUT2D eigenvalue weighted by atomic mass is 9.98. The van der Waals surface area contributed by atoms with Gasteiger partial charge in [-0.25, -0.2) is 0 Å². The van der Waals surface area contributed by atoms with Gasteiger partial charge < -0.3 is 9.38 Å². The van der Waals surface area contributed by atoms with Crippen molar-refractivity contribution in [2.24, 2.45) is 0 Å². The summed E-state index contributed by atoms with van der Waals surface area (Å²) in [5.74, 6) is 0. The van der Waals surface area contributed by atoms with Crippen LogP contribution in [0.1, 0.15) is 0 Å². The van der Waals surface area contributed by atoms with Gasteiger partial charge in [0.25, 0.3) is 0 Å². The van der Waals surface area contributed by atoms with Crippen LogP contribution in [0.5, 0.6) is 0 Å². The van der Waals surface area contributed by atoms with Gasteiger partial charge in [0, 0.05) is 38.0 Å². The maximum absolute atomic E-state index is 3.69. The summed E-state index contributed by atoms with van der Waals surface area (Å²) in [4.78, 5) is 3.69. The van der Waals surface area contributed by atoms with E-state index in [4.69, 9.17) is 0 Å². The highest BCUT2D eigenvalue weighted by Gasteiger charge is 2.19. The third-order valence-corrected chi connectivity index (χ3v) is 6.83. The molecular formula is C28H16N2. The molecule has 0 radical (unpaired) electrons. The standard InChI is InChI=1S/C28H16N2/c1-2-12-23-17(8-1)20-14-15-22-27-26-19(10-5-11-21(26)29-22)18-9-3-6-16-7-4-13-24(25(16)18)30(23)28(20)27/h1-15,29H. The van der Waals surface area contributed by atoms with Gasteiger partial charge >= 0.3 is 0 Å². The van der Waals surface area contributed by atoms with Crippen molar-refractivity contribution in [2.75, 3.05) is 0 Å². The first-order chi connectivity index (χ1) is 14.9. The molecule has 3 heterocycles. The summed E-state index contributed by atoms with van der Waals surface area (Å²) in [6.07, 6.45) is 0. The van der Waals surface area contributed by atoms with Crippen LogP contribution < -0.4 is 0 Å². The summed E-state index contributed by atoms with van der Waals surface area (Å²) < 4.78 is 2.49. The molecule has 30 heavy (non-hydrogen) atoms. The summed E-state index contributed by atoms with van der Waals surface area (Å²) in [5, 5.41) is 10.5. The molecule has 5 aromatic carbocycles. The summed E-state index contributed by atoms with van der Waals surface area (Å²) in [6.45, 7) is 0. The molecule has 0 unspecified atom stereocenters. The fourth-order valence-electron chi connectivity index (χ4n) is 5.69. The molecule has 2 nitrogen and oxygen atoms in total. The predicted octanol–water partition coefficient (Wildman–Crippen LogP) is 7.62. The lowest BCUT2D eigenvalue weighted by molar-refractivity contribution is 1.36. The summed E-state index contributed by atoms with van der Waals surface area (Å²) in [6, 6.07) is 33.3. The molecule has 0 saturated heterocycles. The smallest absolute Gasteiger partial charge is 0.0641 e. The molecular weight excluding hydrogens is 364 g/mol. The van der Waals surface area contributed by atoms with E-state index in [0.29, 0.717) is 0 Å². The zero-order valence-electron chi connectivity index (χ0n) is 16.1. The van der Waals surface area contributed by atoms with Gasteiger partial charge in [0.2, 0.25) is 0 Å². The molecule has 0 aliphatic heterocycles. The Balaban J connectivity index is 1.96. The fourth-order valence-corrected chi connectivity index (χ4v) is 5.69. The Bertz CT molecular complexity index is 1940. The minimum absolute atomic E-state index is 1.19. The number of aromatic nitrogens is 2. The number of H-pyrrole nitrogens is 1. The summed E-state index contributed by atoms with van der Waals surface area (Å²) >= 11 is 0. The molecule has 0 amide bonds. The van der Waals surface area contributed by atoms with Crippen molar-refractivity contribution in [1.82, 2.24) is 9.38 Å².